The number of carboxylic acids is 3. The van der Waals surface area contributed by atoms with Crippen molar-refractivity contribution in [1.29, 1.82) is 0 Å². The number of benzene rings is 1. The molecule has 1 heterocycles. The summed E-state index contributed by atoms with van der Waals surface area (Å²) in [5.74, 6) is -5.06. The third kappa shape index (κ3) is 4.64. The predicted molar refractivity (Wildman–Crippen MR) is 92.1 cm³/mol. The van der Waals surface area contributed by atoms with Crippen LogP contribution in [0.5, 0.6) is 0 Å². The van der Waals surface area contributed by atoms with Gasteiger partial charge in [-0.2, -0.15) is 4.31 Å². The average molecular weight is 414 g/mol. The van der Waals surface area contributed by atoms with Gasteiger partial charge in [0.1, 0.15) is 12.1 Å². The fourth-order valence-electron chi connectivity index (χ4n) is 2.80. The van der Waals surface area contributed by atoms with Gasteiger partial charge >= 0.3 is 17.9 Å². The minimum atomic E-state index is -4.08. The minimum Gasteiger partial charge on any atom is -0.481 e. The van der Waals surface area contributed by atoms with Gasteiger partial charge in [0.05, 0.1) is 11.3 Å². The van der Waals surface area contributed by atoms with E-state index in [0.29, 0.717) is 6.42 Å². The molecule has 0 saturated carbocycles. The molecule has 1 fully saturated rings. The van der Waals surface area contributed by atoms with Crippen molar-refractivity contribution in [3.8, 4) is 0 Å². The third-order valence-corrected chi connectivity index (χ3v) is 6.12. The molecule has 1 aromatic rings. The Hall–Kier alpha value is -2.99. The Kier molecular flexibility index (Phi) is 6.36. The lowest BCUT2D eigenvalue weighted by molar-refractivity contribution is -0.145. The van der Waals surface area contributed by atoms with Gasteiger partial charge in [0.2, 0.25) is 10.0 Å². The molecule has 0 aliphatic carbocycles. The number of carbonyl (C=O) groups excluding carboxylic acids is 1. The van der Waals surface area contributed by atoms with E-state index in [2.05, 4.69) is 0 Å². The van der Waals surface area contributed by atoms with Gasteiger partial charge in [-0.25, -0.2) is 13.2 Å². The number of carbonyl (C=O) groups is 4. The summed E-state index contributed by atoms with van der Waals surface area (Å²) in [6, 6.07) is 1.68. The molecule has 1 saturated heterocycles. The molecule has 4 N–H and O–H groups in total. The second kappa shape index (κ2) is 8.35. The van der Waals surface area contributed by atoms with E-state index in [-0.39, 0.29) is 23.4 Å². The predicted octanol–water partition coefficient (Wildman–Crippen LogP) is -0.418. The molecule has 0 aromatic heterocycles. The summed E-state index contributed by atoms with van der Waals surface area (Å²) in [7, 11) is -4.08. The summed E-state index contributed by atoms with van der Waals surface area (Å²) in [5.41, 5.74) is -0.0770. The van der Waals surface area contributed by atoms with Gasteiger partial charge in [0.25, 0.3) is 5.91 Å². The van der Waals surface area contributed by atoms with Crippen molar-refractivity contribution in [1.82, 2.24) is 9.62 Å². The summed E-state index contributed by atoms with van der Waals surface area (Å²) in [4.78, 5) is 44.8. The fraction of sp³-hybridized carbons (Fsp3) is 0.375. The lowest BCUT2D eigenvalue weighted by Gasteiger charge is -2.21. The van der Waals surface area contributed by atoms with Crippen molar-refractivity contribution in [3.63, 3.8) is 0 Å². The van der Waals surface area contributed by atoms with Crippen LogP contribution in [0.4, 0.5) is 0 Å². The Balaban J connectivity index is 2.18. The van der Waals surface area contributed by atoms with Crippen LogP contribution in [0.3, 0.4) is 0 Å². The van der Waals surface area contributed by atoms with E-state index < -0.39 is 52.3 Å². The van der Waals surface area contributed by atoms with Crippen LogP contribution in [-0.4, -0.2) is 70.5 Å². The molecule has 12 heteroatoms. The van der Waals surface area contributed by atoms with Gasteiger partial charge in [-0.05, 0) is 37.1 Å². The summed E-state index contributed by atoms with van der Waals surface area (Å²) in [6.45, 7) is 0.0665. The molecule has 2 rings (SSSR count). The van der Waals surface area contributed by atoms with Crippen LogP contribution in [-0.2, 0) is 24.4 Å². The largest absolute Gasteiger partial charge is 0.481 e. The molecular weight excluding hydrogens is 396 g/mol. The molecule has 0 spiro atoms. The first-order chi connectivity index (χ1) is 13.0. The number of nitrogens with zero attached hydrogens (tertiary/aromatic N) is 1. The second-order valence-electron chi connectivity index (χ2n) is 6.10. The molecule has 0 unspecified atom stereocenters. The van der Waals surface area contributed by atoms with Crippen molar-refractivity contribution in [2.24, 2.45) is 0 Å². The maximum atomic E-state index is 12.6. The zero-order chi connectivity index (χ0) is 21.1. The summed E-state index contributed by atoms with van der Waals surface area (Å²) >= 11 is 0. The highest BCUT2D eigenvalue weighted by molar-refractivity contribution is 7.89. The number of hydrogen-bond acceptors (Lipinski definition) is 6. The molecule has 1 aromatic carbocycles. The number of carboxylic acid groups (broad SMARTS) is 3. The van der Waals surface area contributed by atoms with Crippen LogP contribution in [0.25, 0.3) is 0 Å². The van der Waals surface area contributed by atoms with Crippen molar-refractivity contribution < 1.29 is 42.9 Å². The van der Waals surface area contributed by atoms with Crippen LogP contribution in [0, 0.1) is 0 Å². The van der Waals surface area contributed by atoms with E-state index >= 15 is 0 Å². The monoisotopic (exact) mass is 414 g/mol. The fourth-order valence-corrected chi connectivity index (χ4v) is 4.46. The SMILES string of the molecule is O=C(O)C[C@H](NC(=O)c1ccc(S(=O)(=O)N2CCC[C@@H]2C(=O)O)cc1)C(=O)O. The van der Waals surface area contributed by atoms with Gasteiger partial charge < -0.3 is 20.6 Å². The number of nitrogens with one attached hydrogen (secondary N) is 1. The lowest BCUT2D eigenvalue weighted by Crippen LogP contribution is -2.42. The molecular formula is C16H18N2O9S. The van der Waals surface area contributed by atoms with E-state index in [4.69, 9.17) is 15.3 Å². The molecule has 28 heavy (non-hydrogen) atoms. The average Bonchev–Trinajstić information content (AvgIpc) is 3.11. The first-order valence-electron chi connectivity index (χ1n) is 8.14. The zero-order valence-electron chi connectivity index (χ0n) is 14.4. The van der Waals surface area contributed by atoms with Crippen LogP contribution in [0.1, 0.15) is 29.6 Å². The molecule has 1 aliphatic rings. The molecule has 152 valence electrons. The van der Waals surface area contributed by atoms with Crippen LogP contribution in [0.2, 0.25) is 0 Å². The molecule has 0 bridgehead atoms. The molecule has 0 radical (unpaired) electrons. The topological polar surface area (TPSA) is 178 Å². The van der Waals surface area contributed by atoms with E-state index in [1.165, 1.54) is 0 Å². The number of hydrogen-bond donors (Lipinski definition) is 4. The molecule has 1 amide bonds. The first-order valence-corrected chi connectivity index (χ1v) is 9.58. The van der Waals surface area contributed by atoms with Crippen LogP contribution in [0.15, 0.2) is 29.2 Å². The quantitative estimate of drug-likeness (QED) is 0.439. The van der Waals surface area contributed by atoms with Crippen molar-refractivity contribution in [2.75, 3.05) is 6.54 Å². The van der Waals surface area contributed by atoms with Crippen molar-refractivity contribution in [2.45, 2.75) is 36.2 Å². The Morgan fingerprint density at radius 1 is 1.11 bits per heavy atom. The number of aliphatic carboxylic acids is 3. The van der Waals surface area contributed by atoms with Gasteiger partial charge in [-0.15, -0.1) is 0 Å². The Morgan fingerprint density at radius 3 is 2.21 bits per heavy atom. The van der Waals surface area contributed by atoms with E-state index in [1.54, 1.807) is 0 Å². The second-order valence-corrected chi connectivity index (χ2v) is 7.99. The highest BCUT2D eigenvalue weighted by Gasteiger charge is 2.39. The number of amides is 1. The molecule has 1 aliphatic heterocycles. The minimum absolute atomic E-state index is 0.0665. The lowest BCUT2D eigenvalue weighted by atomic mass is 10.1. The first kappa shape index (κ1) is 21.3. The van der Waals surface area contributed by atoms with E-state index in [1.807, 2.05) is 5.32 Å². The number of rotatable bonds is 8. The van der Waals surface area contributed by atoms with Crippen LogP contribution < -0.4 is 5.32 Å². The highest BCUT2D eigenvalue weighted by Crippen LogP contribution is 2.26. The normalized spacial score (nSPS) is 18.4. The Bertz CT molecular complexity index is 895. The highest BCUT2D eigenvalue weighted by atomic mass is 32.2. The van der Waals surface area contributed by atoms with Crippen molar-refractivity contribution in [3.05, 3.63) is 29.8 Å². The van der Waals surface area contributed by atoms with Gasteiger partial charge in [0.15, 0.2) is 0 Å². The van der Waals surface area contributed by atoms with E-state index in [0.717, 1.165) is 28.6 Å². The Labute approximate surface area is 159 Å². The summed E-state index contributed by atoms with van der Waals surface area (Å²) in [6.07, 6.45) is -0.203. The Morgan fingerprint density at radius 2 is 1.71 bits per heavy atom. The van der Waals surface area contributed by atoms with Gasteiger partial charge in [-0.3, -0.25) is 14.4 Å². The van der Waals surface area contributed by atoms with Gasteiger partial charge in [0, 0.05) is 12.1 Å². The van der Waals surface area contributed by atoms with Crippen molar-refractivity contribution >= 4 is 33.8 Å². The standard InChI is InChI=1S/C16H18N2O9S/c19-13(20)8-11(15(22)23)17-14(21)9-3-5-10(6-4-9)28(26,27)18-7-1-2-12(18)16(24)25/h3-6,11-12H,1-2,7-8H2,(H,17,21)(H,19,20)(H,22,23)(H,24,25)/t11-,12+/m0/s1. The maximum Gasteiger partial charge on any atom is 0.326 e. The zero-order valence-corrected chi connectivity index (χ0v) is 15.3. The number of sulfonamides is 1. The van der Waals surface area contributed by atoms with Gasteiger partial charge in [-0.1, -0.05) is 0 Å². The van der Waals surface area contributed by atoms with E-state index in [9.17, 15) is 27.6 Å². The molecule has 11 nitrogen and oxygen atoms in total. The van der Waals surface area contributed by atoms with Crippen LogP contribution >= 0.6 is 0 Å². The molecule has 2 atom stereocenters. The smallest absolute Gasteiger partial charge is 0.326 e. The summed E-state index contributed by atoms with van der Waals surface area (Å²) in [5, 5.41) is 28.8. The maximum absolute atomic E-state index is 12.6. The summed E-state index contributed by atoms with van der Waals surface area (Å²) < 4.78 is 26.2. The third-order valence-electron chi connectivity index (χ3n) is 4.19.